The van der Waals surface area contributed by atoms with Crippen molar-refractivity contribution in [2.75, 3.05) is 12.4 Å². The Morgan fingerprint density at radius 2 is 1.86 bits per heavy atom. The predicted octanol–water partition coefficient (Wildman–Crippen LogP) is 5.06. The van der Waals surface area contributed by atoms with Gasteiger partial charge in [0.05, 0.1) is 18.0 Å². The first-order chi connectivity index (χ1) is 16.9. The number of allylic oxidation sites excluding steroid dienone is 2. The Bertz CT molecular complexity index is 1250. The largest absolute Gasteiger partial charge is 0.493 e. The second kappa shape index (κ2) is 9.66. The minimum atomic E-state index is -3.57. The zero-order valence-corrected chi connectivity index (χ0v) is 20.9. The number of fused-ring (bicyclic) bond motifs is 3. The molecule has 1 fully saturated rings. The maximum Gasteiger partial charge on any atom is 0.308 e. The fourth-order valence-electron chi connectivity index (χ4n) is 5.69. The van der Waals surface area contributed by atoms with Crippen LogP contribution in [0, 0.1) is 5.92 Å². The highest BCUT2D eigenvalue weighted by molar-refractivity contribution is 7.89. The second-order valence-corrected chi connectivity index (χ2v) is 11.4. The first-order valence-electron chi connectivity index (χ1n) is 12.3. The molecule has 3 aliphatic rings. The number of anilines is 1. The Kier molecular flexibility index (Phi) is 6.59. The Hall–Kier alpha value is -2.84. The van der Waals surface area contributed by atoms with Gasteiger partial charge in [0.25, 0.3) is 0 Å². The third-order valence-electron chi connectivity index (χ3n) is 7.37. The van der Waals surface area contributed by atoms with E-state index >= 15 is 0 Å². The molecule has 0 spiro atoms. The van der Waals surface area contributed by atoms with Gasteiger partial charge in [-0.05, 0) is 66.6 Å². The molecule has 1 aliphatic heterocycles. The summed E-state index contributed by atoms with van der Waals surface area (Å²) in [6.45, 7) is 1.36. The van der Waals surface area contributed by atoms with Gasteiger partial charge in [0.15, 0.2) is 11.5 Å². The fraction of sp³-hybridized carbons (Fsp3) is 0.444. The second-order valence-electron chi connectivity index (χ2n) is 9.68. The summed E-state index contributed by atoms with van der Waals surface area (Å²) in [5, 5.41) is 3.64. The van der Waals surface area contributed by atoms with Crippen molar-refractivity contribution in [2.24, 2.45) is 5.92 Å². The summed E-state index contributed by atoms with van der Waals surface area (Å²) >= 11 is 0. The van der Waals surface area contributed by atoms with Gasteiger partial charge >= 0.3 is 5.97 Å². The quantitative estimate of drug-likeness (QED) is 0.330. The van der Waals surface area contributed by atoms with Crippen LogP contribution in [0.1, 0.15) is 68.5 Å². The molecule has 3 atom stereocenters. The average molecular weight is 497 g/mol. The lowest BCUT2D eigenvalue weighted by molar-refractivity contribution is -0.132. The van der Waals surface area contributed by atoms with E-state index in [4.69, 9.17) is 9.47 Å². The van der Waals surface area contributed by atoms with Crippen molar-refractivity contribution in [3.05, 3.63) is 59.7 Å². The summed E-state index contributed by atoms with van der Waals surface area (Å²) in [6.07, 6.45) is 10.4. The Balaban J connectivity index is 1.44. The molecule has 0 radical (unpaired) electrons. The monoisotopic (exact) mass is 496 g/mol. The molecule has 35 heavy (non-hydrogen) atoms. The topological polar surface area (TPSA) is 93.7 Å². The van der Waals surface area contributed by atoms with E-state index in [1.807, 2.05) is 24.3 Å². The lowest BCUT2D eigenvalue weighted by Crippen LogP contribution is -2.36. The highest BCUT2D eigenvalue weighted by Crippen LogP contribution is 2.51. The van der Waals surface area contributed by atoms with E-state index in [2.05, 4.69) is 22.2 Å². The van der Waals surface area contributed by atoms with Crippen molar-refractivity contribution in [3.8, 4) is 11.5 Å². The van der Waals surface area contributed by atoms with E-state index in [0.29, 0.717) is 16.4 Å². The molecule has 2 N–H and O–H groups in total. The molecule has 5 rings (SSSR count). The number of sulfonamides is 1. The van der Waals surface area contributed by atoms with Crippen LogP contribution in [-0.2, 0) is 14.8 Å². The lowest BCUT2D eigenvalue weighted by atomic mass is 9.77. The Labute approximate surface area is 207 Å². The van der Waals surface area contributed by atoms with Crippen LogP contribution in [0.5, 0.6) is 11.5 Å². The molecule has 2 aromatic rings. The zero-order chi connectivity index (χ0) is 24.6. The van der Waals surface area contributed by atoms with E-state index < -0.39 is 16.0 Å². The molecule has 7 nitrogen and oxygen atoms in total. The van der Waals surface area contributed by atoms with Gasteiger partial charge in [-0.25, -0.2) is 13.1 Å². The van der Waals surface area contributed by atoms with Gasteiger partial charge < -0.3 is 14.8 Å². The number of benzene rings is 2. The molecule has 0 amide bonds. The van der Waals surface area contributed by atoms with E-state index in [1.165, 1.54) is 13.3 Å². The van der Waals surface area contributed by atoms with E-state index in [9.17, 15) is 13.2 Å². The van der Waals surface area contributed by atoms with Crippen molar-refractivity contribution < 1.29 is 22.7 Å². The standard InChI is InChI=1S/C27H32N2O5S/c1-17(30)34-25-14-11-18(15-26(25)33-2)27-22-10-6-9-21(22)23-16-20(12-13-24(23)28-27)35(31,32)29-19-7-4-3-5-8-19/h6,9,11-16,19,21-22,27-29H,3-5,7-8,10H2,1-2H3. The van der Waals surface area contributed by atoms with Crippen LogP contribution in [-0.4, -0.2) is 27.5 Å². The zero-order valence-electron chi connectivity index (χ0n) is 20.1. The molecular formula is C27H32N2O5S. The van der Waals surface area contributed by atoms with Crippen molar-refractivity contribution >= 4 is 21.7 Å². The first kappa shape index (κ1) is 23.9. The highest BCUT2D eigenvalue weighted by atomic mass is 32.2. The van der Waals surface area contributed by atoms with Crippen LogP contribution in [0.2, 0.25) is 0 Å². The normalized spacial score (nSPS) is 23.8. The maximum atomic E-state index is 13.1. The summed E-state index contributed by atoms with van der Waals surface area (Å²) in [5.41, 5.74) is 2.97. The van der Waals surface area contributed by atoms with E-state index in [1.54, 1.807) is 19.2 Å². The van der Waals surface area contributed by atoms with Crippen LogP contribution >= 0.6 is 0 Å². The molecule has 0 saturated heterocycles. The van der Waals surface area contributed by atoms with Gasteiger partial charge in [-0.2, -0.15) is 0 Å². The molecule has 8 heteroatoms. The Morgan fingerprint density at radius 1 is 1.06 bits per heavy atom. The van der Waals surface area contributed by atoms with Crippen LogP contribution in [0.4, 0.5) is 5.69 Å². The summed E-state index contributed by atoms with van der Waals surface area (Å²) in [7, 11) is -2.02. The number of rotatable bonds is 6. The molecule has 186 valence electrons. The van der Waals surface area contributed by atoms with Crippen LogP contribution in [0.25, 0.3) is 0 Å². The third kappa shape index (κ3) is 4.82. The van der Waals surface area contributed by atoms with E-state index in [-0.39, 0.29) is 23.9 Å². The molecule has 2 aromatic carbocycles. The molecule has 3 unspecified atom stereocenters. The summed E-state index contributed by atoms with van der Waals surface area (Å²) in [6, 6.07) is 11.1. The van der Waals surface area contributed by atoms with Gasteiger partial charge in [-0.3, -0.25) is 4.79 Å². The summed E-state index contributed by atoms with van der Waals surface area (Å²) in [5.74, 6) is 0.838. The SMILES string of the molecule is COc1cc(C2Nc3ccc(S(=O)(=O)NC4CCCCC4)cc3C3C=CCC32)ccc1OC(C)=O. The van der Waals surface area contributed by atoms with Crippen molar-refractivity contribution in [1.82, 2.24) is 4.72 Å². The summed E-state index contributed by atoms with van der Waals surface area (Å²) in [4.78, 5) is 11.7. The maximum absolute atomic E-state index is 13.1. The number of carbonyl (C=O) groups excluding carboxylic acids is 1. The smallest absolute Gasteiger partial charge is 0.308 e. The van der Waals surface area contributed by atoms with Gasteiger partial charge in [0.2, 0.25) is 10.0 Å². The molecule has 1 saturated carbocycles. The number of hydrogen-bond donors (Lipinski definition) is 2. The van der Waals surface area contributed by atoms with Crippen molar-refractivity contribution in [3.63, 3.8) is 0 Å². The minimum absolute atomic E-state index is 0.00518. The minimum Gasteiger partial charge on any atom is -0.493 e. The van der Waals surface area contributed by atoms with Gasteiger partial charge in [0.1, 0.15) is 0 Å². The first-order valence-corrected chi connectivity index (χ1v) is 13.8. The number of nitrogens with one attached hydrogen (secondary N) is 2. The van der Waals surface area contributed by atoms with Gasteiger partial charge in [0, 0.05) is 24.6 Å². The number of ether oxygens (including phenoxy) is 2. The molecular weight excluding hydrogens is 464 g/mol. The lowest BCUT2D eigenvalue weighted by Gasteiger charge is -2.38. The van der Waals surface area contributed by atoms with Crippen LogP contribution in [0.3, 0.4) is 0 Å². The Morgan fingerprint density at radius 3 is 2.60 bits per heavy atom. The van der Waals surface area contributed by atoms with Crippen molar-refractivity contribution in [2.45, 2.75) is 68.3 Å². The molecule has 0 aromatic heterocycles. The third-order valence-corrected chi connectivity index (χ3v) is 8.89. The summed E-state index contributed by atoms with van der Waals surface area (Å²) < 4.78 is 40.0. The highest BCUT2D eigenvalue weighted by Gasteiger charge is 2.39. The van der Waals surface area contributed by atoms with Crippen LogP contribution in [0.15, 0.2) is 53.4 Å². The number of hydrogen-bond acceptors (Lipinski definition) is 6. The van der Waals surface area contributed by atoms with Crippen LogP contribution < -0.4 is 19.5 Å². The molecule has 2 aliphatic carbocycles. The van der Waals surface area contributed by atoms with E-state index in [0.717, 1.165) is 48.9 Å². The van der Waals surface area contributed by atoms with Gasteiger partial charge in [-0.1, -0.05) is 37.5 Å². The van der Waals surface area contributed by atoms with Gasteiger partial charge in [-0.15, -0.1) is 0 Å². The molecule has 0 bridgehead atoms. The fourth-order valence-corrected chi connectivity index (χ4v) is 7.03. The number of methoxy groups -OCH3 is 1. The average Bonchev–Trinajstić information content (AvgIpc) is 3.34. The number of carbonyl (C=O) groups is 1. The molecule has 1 heterocycles. The predicted molar refractivity (Wildman–Crippen MR) is 134 cm³/mol. The number of esters is 1. The van der Waals surface area contributed by atoms with Crippen molar-refractivity contribution in [1.29, 1.82) is 0 Å².